The zero-order chi connectivity index (χ0) is 90.7. The summed E-state index contributed by atoms with van der Waals surface area (Å²) in [7, 11) is 0. The molecule has 0 spiro atoms. The minimum absolute atomic E-state index is 0.796. The lowest BCUT2D eigenvalue weighted by atomic mass is 9.85. The van der Waals surface area contributed by atoms with E-state index in [1.807, 2.05) is 68.0 Å². The Kier molecular flexibility index (Phi) is 15.4. The summed E-state index contributed by atoms with van der Waals surface area (Å²) in [4.78, 5) is 47.3. The number of pyridine rings is 8. The van der Waals surface area contributed by atoms with Crippen molar-refractivity contribution in [3.8, 4) is 89.0 Å². The first-order chi connectivity index (χ1) is 69.3. The van der Waals surface area contributed by atoms with Gasteiger partial charge in [0.1, 0.15) is 5.82 Å². The van der Waals surface area contributed by atoms with Crippen LogP contribution >= 0.6 is 0 Å². The van der Waals surface area contributed by atoms with Gasteiger partial charge in [-0.1, -0.05) is 152 Å². The highest BCUT2D eigenvalue weighted by Crippen LogP contribution is 2.62. The zero-order valence-electron chi connectivity index (χ0n) is 76.7. The van der Waals surface area contributed by atoms with Gasteiger partial charge in [0.15, 0.2) is 0 Å². The fourth-order valence-corrected chi connectivity index (χ4v) is 27.8. The topological polar surface area (TPSA) is 116 Å². The molecule has 0 saturated heterocycles. The van der Waals surface area contributed by atoms with Gasteiger partial charge in [0.25, 0.3) is 0 Å². The molecule has 0 amide bonds. The van der Waals surface area contributed by atoms with E-state index < -0.39 is 0 Å². The molecule has 8 aromatic heterocycles. The number of hydrogen-bond donors (Lipinski definition) is 0. The lowest BCUT2D eigenvalue weighted by molar-refractivity contribution is 0.927. The summed E-state index contributed by atoms with van der Waals surface area (Å²) in [5.74, 6) is 1.05. The quantitative estimate of drug-likeness (QED) is 0.144. The Hall–Kier alpha value is -17.0. The van der Waals surface area contributed by atoms with Crippen molar-refractivity contribution in [2.24, 2.45) is 0 Å². The molecular weight excluding hydrogens is 1710 g/mol. The molecule has 8 aliphatic carbocycles. The Bertz CT molecular complexity index is 8100. The van der Waals surface area contributed by atoms with Crippen molar-refractivity contribution in [3.05, 3.63) is 495 Å². The largest absolute Gasteiger partial charge is 0.308 e. The molecule has 16 aliphatic rings. The van der Waals surface area contributed by atoms with Gasteiger partial charge in [0, 0.05) is 118 Å². The van der Waals surface area contributed by atoms with Crippen LogP contribution in [-0.2, 0) is 103 Å². The van der Waals surface area contributed by atoms with Gasteiger partial charge in [0.05, 0.1) is 97.2 Å². The van der Waals surface area contributed by atoms with E-state index in [9.17, 15) is 0 Å². The molecule has 0 unspecified atom stereocenters. The molecule has 36 rings (SSSR count). The highest BCUT2D eigenvalue weighted by molar-refractivity contribution is 6.02. The summed E-state index contributed by atoms with van der Waals surface area (Å²) in [6, 6.07) is 95.9. The van der Waals surface area contributed by atoms with E-state index in [-0.39, 0.29) is 0 Å². The number of anilines is 12. The molecule has 0 N–H and O–H groups in total. The summed E-state index contributed by atoms with van der Waals surface area (Å²) < 4.78 is 0. The van der Waals surface area contributed by atoms with E-state index >= 15 is 0 Å². The van der Waals surface area contributed by atoms with E-state index in [1.54, 1.807) is 0 Å². The van der Waals surface area contributed by atoms with Gasteiger partial charge in [-0.25, -0.2) is 4.98 Å². The number of benzene rings is 12. The molecule has 0 radical (unpaired) electrons. The van der Waals surface area contributed by atoms with Gasteiger partial charge in [-0.3, -0.25) is 39.8 Å². The van der Waals surface area contributed by atoms with Crippen molar-refractivity contribution in [1.29, 1.82) is 0 Å². The van der Waals surface area contributed by atoms with Crippen LogP contribution in [0.1, 0.15) is 179 Å². The summed E-state index contributed by atoms with van der Waals surface area (Å²) in [5.41, 5.74) is 80.7. The highest BCUT2D eigenvalue weighted by Gasteiger charge is 2.44. The van der Waals surface area contributed by atoms with Crippen LogP contribution in [0, 0.1) is 0 Å². The van der Waals surface area contributed by atoms with Crippen molar-refractivity contribution in [2.45, 2.75) is 103 Å². The van der Waals surface area contributed by atoms with Gasteiger partial charge in [0.2, 0.25) is 0 Å². The number of aromatic nitrogens is 8. The highest BCUT2D eigenvalue weighted by atomic mass is 15.2. The van der Waals surface area contributed by atoms with Crippen molar-refractivity contribution in [3.63, 3.8) is 0 Å². The summed E-state index contributed by atoms with van der Waals surface area (Å²) in [6.45, 7) is 0. The maximum atomic E-state index is 4.85. The molecule has 0 atom stereocenters. The minimum Gasteiger partial charge on any atom is -0.308 e. The molecule has 16 heterocycles. The molecule has 140 heavy (non-hydrogen) atoms. The second-order valence-electron chi connectivity index (χ2n) is 40.9. The Morgan fingerprint density at radius 3 is 0.921 bits per heavy atom. The van der Waals surface area contributed by atoms with Crippen LogP contribution in [0.2, 0.25) is 0 Å². The Morgan fingerprint density at radius 1 is 0.157 bits per heavy atom. The average Bonchev–Trinajstić information content (AvgIpc) is 1.40. The Balaban J connectivity index is 0.0000000829. The van der Waals surface area contributed by atoms with Crippen LogP contribution < -0.4 is 19.6 Å². The molecular formula is C128H84N12. The van der Waals surface area contributed by atoms with E-state index in [0.717, 1.165) is 131 Å². The van der Waals surface area contributed by atoms with Gasteiger partial charge in [-0.05, 0) is 383 Å². The first-order valence-corrected chi connectivity index (χ1v) is 49.7. The lowest BCUT2D eigenvalue weighted by Gasteiger charge is -2.39. The van der Waals surface area contributed by atoms with Gasteiger partial charge < -0.3 is 14.7 Å². The van der Waals surface area contributed by atoms with Gasteiger partial charge in [-0.15, -0.1) is 0 Å². The number of rotatable bonds is 0. The second kappa shape index (κ2) is 28.4. The average molecular weight is 1790 g/mol. The van der Waals surface area contributed by atoms with Crippen LogP contribution in [0.4, 0.5) is 68.4 Å². The molecule has 12 heteroatoms. The van der Waals surface area contributed by atoms with Crippen molar-refractivity contribution in [2.75, 3.05) is 19.6 Å². The fraction of sp³-hybridized carbons (Fsp3) is 0.125. The maximum absolute atomic E-state index is 4.85. The SMILES string of the molecule is c1ccc2c(c1)Cc1cc3c(cc1-2)-c1c(ccc2c1Cc1ccnc4c1N2c1cccnc1C4)C3.c1ccc2c(c1)Cc1cc3c(cc1-2)-c1c(ccc2c1Cc1ccnc4c1N2c1ccncc1C4)C3.c1ccc2c(c1)Cc1cc3c(cc1-2)-c1c(ccc2c1Cc1ccnc4c1N2c1cnccc1C4)C3.c1ccc2c(c1)Cc1cc3c(cc1-2)-c1c(ccc2c1Cc1ccnc4c1N2c1ncccc1C4)C3. The monoisotopic (exact) mass is 1790 g/mol. The molecule has 0 bridgehead atoms. The molecule has 656 valence electrons. The Labute approximate surface area is 809 Å². The minimum atomic E-state index is 0.796. The predicted octanol–water partition coefficient (Wildman–Crippen LogP) is 27.6. The van der Waals surface area contributed by atoms with Crippen LogP contribution in [0.3, 0.4) is 0 Å². The molecule has 0 saturated carbocycles. The smallest absolute Gasteiger partial charge is 0.141 e. The van der Waals surface area contributed by atoms with Crippen LogP contribution in [0.25, 0.3) is 89.0 Å². The van der Waals surface area contributed by atoms with E-state index in [4.69, 9.17) is 29.9 Å². The summed E-state index contributed by atoms with van der Waals surface area (Å²) in [6.07, 6.45) is 35.0. The zero-order valence-corrected chi connectivity index (χ0v) is 76.7. The predicted molar refractivity (Wildman–Crippen MR) is 555 cm³/mol. The molecule has 8 aliphatic heterocycles. The molecule has 12 aromatic carbocycles. The van der Waals surface area contributed by atoms with Crippen molar-refractivity contribution in [1.82, 2.24) is 39.9 Å². The van der Waals surface area contributed by atoms with E-state index in [1.165, 1.54) is 307 Å². The summed E-state index contributed by atoms with van der Waals surface area (Å²) in [5, 5.41) is 0. The third-order valence-electron chi connectivity index (χ3n) is 33.7. The lowest BCUT2D eigenvalue weighted by Crippen LogP contribution is -2.26. The number of hydrogen-bond acceptors (Lipinski definition) is 12. The van der Waals surface area contributed by atoms with E-state index in [0.29, 0.717) is 0 Å². The van der Waals surface area contributed by atoms with Crippen LogP contribution in [-0.4, -0.2) is 39.9 Å². The standard InChI is InChI=1S/4C32H21N3/c1-2-6-24-18(4-1)12-22-14-23-13-19-7-8-29-27(30(19)26(23)17-25(22)24)15-20-9-11-33-28-16-21-5-3-10-34-32(21)35(29)31(20)28;1-2-5-23-18(4-1)12-21-14-22-13-19-7-8-29-26(31(19)25(22)16-24(21)23)15-20-9-11-34-28-17-27-30(6-3-10-33-27)35(29)32(20)28;1-2-4-24-18(3-1)11-21-13-22-12-19-5-6-30-27(31(19)26(22)16-25(21)24)14-20-7-10-34-28-15-23-17-33-9-8-29(23)35(30)32(20)28;1-2-4-24-18(3-1)11-22-13-23-12-20-5-6-29-27(31(20)26(23)16-25(22)24)14-21-8-10-34-28-15-19-7-9-33-17-30(19)35(29)32(21)28/h1-11,14,17H,12-13,15-16H2;1-11,14,16H,12-13,15,17H2;2*1-10,13,16-17H,11-12,14-15H2. The fourth-order valence-electron chi connectivity index (χ4n) is 27.8. The molecule has 0 fully saturated rings. The third-order valence-corrected chi connectivity index (χ3v) is 33.7. The first kappa shape index (κ1) is 76.2. The maximum Gasteiger partial charge on any atom is 0.141 e. The second-order valence-corrected chi connectivity index (χ2v) is 40.9. The first-order valence-electron chi connectivity index (χ1n) is 49.7. The van der Waals surface area contributed by atoms with E-state index in [2.05, 4.69) is 278 Å². The molecule has 20 aromatic rings. The number of nitrogens with zero attached hydrogens (tertiary/aromatic N) is 12. The Morgan fingerprint density at radius 2 is 0.479 bits per heavy atom. The molecule has 12 nitrogen and oxygen atoms in total. The van der Waals surface area contributed by atoms with Crippen LogP contribution in [0.5, 0.6) is 0 Å². The van der Waals surface area contributed by atoms with Gasteiger partial charge in [-0.2, -0.15) is 0 Å². The van der Waals surface area contributed by atoms with Gasteiger partial charge >= 0.3 is 0 Å². The van der Waals surface area contributed by atoms with Crippen LogP contribution in [0.15, 0.2) is 317 Å². The van der Waals surface area contributed by atoms with Crippen molar-refractivity contribution >= 4 is 68.4 Å². The number of fused-ring (bicyclic) bond motifs is 44. The normalized spacial score (nSPS) is 14.9. The third kappa shape index (κ3) is 10.7. The summed E-state index contributed by atoms with van der Waals surface area (Å²) >= 11 is 0. The van der Waals surface area contributed by atoms with Crippen molar-refractivity contribution < 1.29 is 0 Å².